The number of aryl methyl sites for hydroxylation is 1. The van der Waals surface area contributed by atoms with E-state index >= 15 is 0 Å². The summed E-state index contributed by atoms with van der Waals surface area (Å²) in [5.74, 6) is -0.162. The second-order valence-corrected chi connectivity index (χ2v) is 7.46. The fourth-order valence-electron chi connectivity index (χ4n) is 3.54. The van der Waals surface area contributed by atoms with Crippen molar-refractivity contribution in [1.29, 1.82) is 5.41 Å². The summed E-state index contributed by atoms with van der Waals surface area (Å²) in [6, 6.07) is 15.0. The van der Waals surface area contributed by atoms with Gasteiger partial charge in [0.2, 0.25) is 0 Å². The lowest BCUT2D eigenvalue weighted by atomic mass is 10.0. The van der Waals surface area contributed by atoms with Crippen LogP contribution < -0.4 is 21.7 Å². The zero-order valence-corrected chi connectivity index (χ0v) is 16.9. The second-order valence-electron chi connectivity index (χ2n) is 7.46. The van der Waals surface area contributed by atoms with Crippen LogP contribution in [0.2, 0.25) is 0 Å². The topological polar surface area (TPSA) is 116 Å². The van der Waals surface area contributed by atoms with Crippen LogP contribution in [0.4, 0.5) is 17.1 Å². The minimum atomic E-state index is -0.614. The number of nitrogens with one attached hydrogen (secondary N) is 4. The highest BCUT2D eigenvalue weighted by atomic mass is 16.2. The monoisotopic (exact) mass is 400 g/mol. The van der Waals surface area contributed by atoms with Crippen LogP contribution in [0.25, 0.3) is 0 Å². The number of nitrogens with zero attached hydrogens (tertiary/aromatic N) is 1. The molecular weight excluding hydrogens is 376 g/mol. The lowest BCUT2D eigenvalue weighted by molar-refractivity contribution is -0.121. The number of amides is 1. The van der Waals surface area contributed by atoms with Gasteiger partial charge in [-0.15, -0.1) is 0 Å². The number of nitrogens with two attached hydrogens (primary N) is 1. The molecule has 1 aliphatic heterocycles. The molecule has 0 bridgehead atoms. The highest BCUT2D eigenvalue weighted by Crippen LogP contribution is 2.34. The van der Waals surface area contributed by atoms with Gasteiger partial charge in [0.1, 0.15) is 0 Å². The number of hydrogen-bond donors (Lipinski definition) is 5. The zero-order chi connectivity index (χ0) is 21.3. The summed E-state index contributed by atoms with van der Waals surface area (Å²) in [7, 11) is 0. The van der Waals surface area contributed by atoms with Crippen LogP contribution >= 0.6 is 0 Å². The number of benzene rings is 2. The van der Waals surface area contributed by atoms with Gasteiger partial charge < -0.3 is 21.7 Å². The van der Waals surface area contributed by atoms with Crippen molar-refractivity contribution in [2.24, 2.45) is 0 Å². The maximum Gasteiger partial charge on any atom is 0.263 e. The van der Waals surface area contributed by atoms with Crippen LogP contribution in [-0.4, -0.2) is 22.8 Å². The first-order chi connectivity index (χ1) is 14.4. The molecule has 0 saturated heterocycles. The van der Waals surface area contributed by atoms with E-state index in [0.717, 1.165) is 28.1 Å². The molecule has 0 saturated carbocycles. The Morgan fingerprint density at radius 2 is 1.83 bits per heavy atom. The molecule has 0 spiro atoms. The van der Waals surface area contributed by atoms with E-state index in [1.165, 1.54) is 0 Å². The van der Waals surface area contributed by atoms with Crippen LogP contribution in [-0.2, 0) is 4.79 Å². The van der Waals surface area contributed by atoms with Gasteiger partial charge >= 0.3 is 0 Å². The van der Waals surface area contributed by atoms with Crippen molar-refractivity contribution in [2.45, 2.75) is 26.1 Å². The van der Waals surface area contributed by atoms with E-state index in [0.29, 0.717) is 17.0 Å². The van der Waals surface area contributed by atoms with Gasteiger partial charge in [-0.25, -0.2) is 0 Å². The first-order valence-electron chi connectivity index (χ1n) is 9.75. The summed E-state index contributed by atoms with van der Waals surface area (Å²) in [6.45, 7) is 3.99. The Kier molecular flexibility index (Phi) is 5.10. The van der Waals surface area contributed by atoms with Gasteiger partial charge in [-0.1, -0.05) is 29.8 Å². The predicted octanol–water partition coefficient (Wildman–Crippen LogP) is 3.43. The maximum absolute atomic E-state index is 12.8. The third-order valence-electron chi connectivity index (χ3n) is 5.19. The summed E-state index contributed by atoms with van der Waals surface area (Å²) in [6.07, 6.45) is 2.67. The minimum Gasteiger partial charge on any atom is -0.398 e. The number of anilines is 3. The van der Waals surface area contributed by atoms with Gasteiger partial charge in [0.25, 0.3) is 5.91 Å². The van der Waals surface area contributed by atoms with E-state index in [-0.39, 0.29) is 11.9 Å². The van der Waals surface area contributed by atoms with Crippen LogP contribution in [0, 0.1) is 12.3 Å². The highest BCUT2D eigenvalue weighted by Gasteiger charge is 2.28. The molecule has 7 heteroatoms. The molecule has 2 unspecified atom stereocenters. The van der Waals surface area contributed by atoms with E-state index in [1.54, 1.807) is 36.7 Å². The minimum absolute atomic E-state index is 0.120. The normalized spacial score (nSPS) is 15.5. The lowest BCUT2D eigenvalue weighted by Crippen LogP contribution is -2.42. The van der Waals surface area contributed by atoms with Crippen molar-refractivity contribution in [3.05, 3.63) is 83.2 Å². The average Bonchev–Trinajstić information content (AvgIpc) is 3.16. The largest absolute Gasteiger partial charge is 0.398 e. The van der Waals surface area contributed by atoms with E-state index in [1.807, 2.05) is 32.0 Å². The van der Waals surface area contributed by atoms with E-state index in [2.05, 4.69) is 27.0 Å². The van der Waals surface area contributed by atoms with Crippen molar-refractivity contribution in [3.8, 4) is 0 Å². The number of hydrogen-bond acceptors (Lipinski definition) is 6. The molecule has 2 atom stereocenters. The molecule has 0 radical (unpaired) electrons. The Balaban J connectivity index is 1.49. The molecule has 152 valence electrons. The molecule has 1 aliphatic rings. The number of nitrogen functional groups attached to an aromatic ring is 1. The third-order valence-corrected chi connectivity index (χ3v) is 5.19. The molecule has 1 aromatic heterocycles. The number of rotatable bonds is 5. The smallest absolute Gasteiger partial charge is 0.263 e. The van der Waals surface area contributed by atoms with Crippen LogP contribution in [0.15, 0.2) is 60.9 Å². The molecule has 2 aromatic carbocycles. The number of aromatic nitrogens is 1. The van der Waals surface area contributed by atoms with E-state index in [9.17, 15) is 4.79 Å². The van der Waals surface area contributed by atoms with Crippen LogP contribution in [0.3, 0.4) is 0 Å². The lowest BCUT2D eigenvalue weighted by Gasteiger charge is -2.18. The molecule has 7 nitrogen and oxygen atoms in total. The first kappa shape index (κ1) is 19.4. The van der Waals surface area contributed by atoms with Gasteiger partial charge in [-0.2, -0.15) is 0 Å². The Labute approximate surface area is 175 Å². The van der Waals surface area contributed by atoms with E-state index < -0.39 is 6.17 Å². The molecule has 4 rings (SSSR count). The standard InChI is InChI=1S/C23H24N6O/c1-13-4-3-5-16(10-13)14(2)27-23(30)22-28-19-11-17(18(24)12-20(19)29-22)21(25)15-6-8-26-9-7-15/h3-12,14,22,25,28-29H,24H2,1-2H3,(H,27,30). The molecule has 2 heterocycles. The SMILES string of the molecule is Cc1cccc(C(C)NC(=O)C2Nc3cc(N)c(C(=N)c4ccncc4)cc3N2)c1. The Hall–Kier alpha value is -3.87. The molecule has 6 N–H and O–H groups in total. The molecular formula is C23H24N6O. The van der Waals surface area contributed by atoms with Crippen molar-refractivity contribution < 1.29 is 4.79 Å². The zero-order valence-electron chi connectivity index (χ0n) is 16.9. The number of carbonyl (C=O) groups excluding carboxylic acids is 1. The maximum atomic E-state index is 12.8. The number of pyridine rings is 1. The number of carbonyl (C=O) groups is 1. The van der Waals surface area contributed by atoms with Crippen LogP contribution in [0.1, 0.15) is 35.2 Å². The Morgan fingerprint density at radius 3 is 2.53 bits per heavy atom. The summed E-state index contributed by atoms with van der Waals surface area (Å²) in [4.78, 5) is 16.8. The first-order valence-corrected chi connectivity index (χ1v) is 9.75. The van der Waals surface area contributed by atoms with Crippen LogP contribution in [0.5, 0.6) is 0 Å². The quantitative estimate of drug-likeness (QED) is 0.332. The van der Waals surface area contributed by atoms with Gasteiger partial charge in [0, 0.05) is 29.2 Å². The summed E-state index contributed by atoms with van der Waals surface area (Å²) in [5, 5.41) is 17.9. The summed E-state index contributed by atoms with van der Waals surface area (Å²) >= 11 is 0. The average molecular weight is 400 g/mol. The molecule has 30 heavy (non-hydrogen) atoms. The summed E-state index contributed by atoms with van der Waals surface area (Å²) < 4.78 is 0. The Morgan fingerprint density at radius 1 is 1.13 bits per heavy atom. The molecule has 1 amide bonds. The van der Waals surface area contributed by atoms with Crippen molar-refractivity contribution in [3.63, 3.8) is 0 Å². The predicted molar refractivity (Wildman–Crippen MR) is 120 cm³/mol. The van der Waals surface area contributed by atoms with Gasteiger partial charge in [0.05, 0.1) is 23.1 Å². The molecule has 3 aromatic rings. The van der Waals surface area contributed by atoms with Gasteiger partial charge in [-0.3, -0.25) is 15.2 Å². The van der Waals surface area contributed by atoms with Gasteiger partial charge in [-0.05, 0) is 43.7 Å². The number of fused-ring (bicyclic) bond motifs is 1. The third kappa shape index (κ3) is 3.82. The fraction of sp³-hybridized carbons (Fsp3) is 0.174. The molecule has 0 aliphatic carbocycles. The fourth-order valence-corrected chi connectivity index (χ4v) is 3.54. The van der Waals surface area contributed by atoms with Crippen molar-refractivity contribution >= 4 is 28.7 Å². The molecule has 0 fully saturated rings. The summed E-state index contributed by atoms with van der Waals surface area (Å²) in [5.41, 5.74) is 12.0. The second kappa shape index (κ2) is 7.87. The van der Waals surface area contributed by atoms with Crippen molar-refractivity contribution in [2.75, 3.05) is 16.4 Å². The van der Waals surface area contributed by atoms with Gasteiger partial charge in [0.15, 0.2) is 6.17 Å². The Bertz CT molecular complexity index is 1110. The highest BCUT2D eigenvalue weighted by molar-refractivity contribution is 6.15. The van der Waals surface area contributed by atoms with E-state index in [4.69, 9.17) is 11.1 Å². The van der Waals surface area contributed by atoms with Crippen molar-refractivity contribution in [1.82, 2.24) is 10.3 Å².